The van der Waals surface area contributed by atoms with Crippen LogP contribution in [0.1, 0.15) is 13.8 Å². The number of para-hydroxylation sites is 2. The van der Waals surface area contributed by atoms with Gasteiger partial charge in [0.25, 0.3) is 5.91 Å². The summed E-state index contributed by atoms with van der Waals surface area (Å²) < 4.78 is 5.67. The highest BCUT2D eigenvalue weighted by Crippen LogP contribution is 2.28. The van der Waals surface area contributed by atoms with Gasteiger partial charge in [0.05, 0.1) is 12.3 Å². The Labute approximate surface area is 158 Å². The van der Waals surface area contributed by atoms with Gasteiger partial charge in [0.15, 0.2) is 4.84 Å². The smallest absolute Gasteiger partial charge is 0.253 e. The quantitative estimate of drug-likeness (QED) is 0.758. The first-order chi connectivity index (χ1) is 11.9. The molecule has 0 aliphatic carbocycles. The van der Waals surface area contributed by atoms with Gasteiger partial charge in [0, 0.05) is 26.2 Å². The lowest BCUT2D eigenvalue weighted by Gasteiger charge is -2.37. The molecule has 0 spiro atoms. The summed E-state index contributed by atoms with van der Waals surface area (Å²) >= 11 is 11.0. The van der Waals surface area contributed by atoms with Crippen molar-refractivity contribution in [3.63, 3.8) is 0 Å². The third-order valence-electron chi connectivity index (χ3n) is 4.02. The number of ether oxygens (including phenoxy) is 1. The van der Waals surface area contributed by atoms with E-state index in [-0.39, 0.29) is 5.91 Å². The lowest BCUT2D eigenvalue weighted by Crippen LogP contribution is -2.54. The van der Waals surface area contributed by atoms with Crippen LogP contribution in [0.4, 0.5) is 5.69 Å². The molecule has 1 N–H and O–H groups in total. The van der Waals surface area contributed by atoms with Gasteiger partial charge in [-0.15, -0.1) is 0 Å². The maximum absolute atomic E-state index is 12.5. The summed E-state index contributed by atoms with van der Waals surface area (Å²) in [7, 11) is 0. The summed E-state index contributed by atoms with van der Waals surface area (Å²) in [5, 5.41) is 2.52. The molecule has 1 fully saturated rings. The Bertz CT molecular complexity index is 605. The predicted molar refractivity (Wildman–Crippen MR) is 99.5 cm³/mol. The van der Waals surface area contributed by atoms with E-state index in [9.17, 15) is 9.59 Å². The van der Waals surface area contributed by atoms with Gasteiger partial charge in [-0.05, 0) is 26.0 Å². The fourth-order valence-electron chi connectivity index (χ4n) is 2.78. The molecule has 0 bridgehead atoms. The minimum Gasteiger partial charge on any atom is -0.492 e. The largest absolute Gasteiger partial charge is 0.492 e. The van der Waals surface area contributed by atoms with Crippen molar-refractivity contribution >= 4 is 40.7 Å². The minimum atomic E-state index is -1.18. The number of nitrogens with zero attached hydrogens (tertiary/aromatic N) is 2. The number of halogens is 2. The average Bonchev–Trinajstić information content (AvgIpc) is 2.62. The molecule has 1 unspecified atom stereocenters. The Kier molecular flexibility index (Phi) is 7.20. The van der Waals surface area contributed by atoms with Gasteiger partial charge >= 0.3 is 0 Å². The zero-order chi connectivity index (χ0) is 18.4. The summed E-state index contributed by atoms with van der Waals surface area (Å²) in [4.78, 5) is 26.7. The first kappa shape index (κ1) is 19.7. The van der Waals surface area contributed by atoms with Crippen molar-refractivity contribution in [2.24, 2.45) is 0 Å². The molecule has 1 saturated heterocycles. The number of anilines is 1. The predicted octanol–water partition coefficient (Wildman–Crippen LogP) is 2.04. The number of hydrogen-bond donors (Lipinski definition) is 1. The molecular formula is C17H23Cl2N3O3. The topological polar surface area (TPSA) is 61.9 Å². The first-order valence-electron chi connectivity index (χ1n) is 8.28. The van der Waals surface area contributed by atoms with Gasteiger partial charge < -0.3 is 19.9 Å². The van der Waals surface area contributed by atoms with Crippen LogP contribution in [0, 0.1) is 0 Å². The molecule has 1 atom stereocenters. The van der Waals surface area contributed by atoms with Gasteiger partial charge in [-0.1, -0.05) is 35.3 Å². The third-order valence-corrected chi connectivity index (χ3v) is 4.42. The zero-order valence-electron chi connectivity index (χ0n) is 14.4. The van der Waals surface area contributed by atoms with Gasteiger partial charge in [0.1, 0.15) is 11.8 Å². The number of benzene rings is 1. The average molecular weight is 388 g/mol. The zero-order valence-corrected chi connectivity index (χ0v) is 15.9. The van der Waals surface area contributed by atoms with Gasteiger partial charge in [-0.2, -0.15) is 0 Å². The van der Waals surface area contributed by atoms with E-state index in [0.717, 1.165) is 11.4 Å². The molecule has 1 aromatic rings. The van der Waals surface area contributed by atoms with E-state index in [0.29, 0.717) is 32.8 Å². The maximum atomic E-state index is 12.5. The normalized spacial score (nSPS) is 15.9. The highest BCUT2D eigenvalue weighted by Gasteiger charge is 2.27. The first-order valence-corrected chi connectivity index (χ1v) is 9.15. The molecule has 1 aliphatic rings. The van der Waals surface area contributed by atoms with Crippen LogP contribution in [0.25, 0.3) is 0 Å². The molecule has 0 saturated carbocycles. The SMILES string of the molecule is CCOc1ccccc1N1CCN(C(=O)C(C)NC(=O)C(Cl)Cl)CC1. The second kappa shape index (κ2) is 9.15. The lowest BCUT2D eigenvalue weighted by atomic mass is 10.2. The molecule has 1 heterocycles. The molecule has 1 aromatic carbocycles. The van der Waals surface area contributed by atoms with Crippen LogP contribution in [0.3, 0.4) is 0 Å². The number of alkyl halides is 2. The Morgan fingerprint density at radius 2 is 1.84 bits per heavy atom. The van der Waals surface area contributed by atoms with E-state index in [4.69, 9.17) is 27.9 Å². The van der Waals surface area contributed by atoms with Gasteiger partial charge in [-0.3, -0.25) is 9.59 Å². The monoisotopic (exact) mass is 387 g/mol. The summed E-state index contributed by atoms with van der Waals surface area (Å²) in [5.74, 6) is 0.147. The molecule has 2 rings (SSSR count). The standard InChI is InChI=1S/C17H23Cl2N3O3/c1-3-25-14-7-5-4-6-13(14)21-8-10-22(11-9-21)17(24)12(2)20-16(23)15(18)19/h4-7,12,15H,3,8-11H2,1-2H3,(H,20,23). The van der Waals surface area contributed by atoms with Crippen molar-refractivity contribution in [2.45, 2.75) is 24.7 Å². The van der Waals surface area contributed by atoms with Crippen LogP contribution < -0.4 is 15.0 Å². The molecule has 0 radical (unpaired) electrons. The maximum Gasteiger partial charge on any atom is 0.253 e. The van der Waals surface area contributed by atoms with Gasteiger partial charge in [-0.25, -0.2) is 0 Å². The van der Waals surface area contributed by atoms with Crippen LogP contribution in [-0.2, 0) is 9.59 Å². The highest BCUT2D eigenvalue weighted by molar-refractivity contribution is 6.53. The highest BCUT2D eigenvalue weighted by atomic mass is 35.5. The molecular weight excluding hydrogens is 365 g/mol. The van der Waals surface area contributed by atoms with E-state index in [1.165, 1.54) is 0 Å². The number of carbonyl (C=O) groups is 2. The Morgan fingerprint density at radius 3 is 2.44 bits per heavy atom. The molecule has 25 heavy (non-hydrogen) atoms. The number of amides is 2. The summed E-state index contributed by atoms with van der Waals surface area (Å²) in [5.41, 5.74) is 1.03. The van der Waals surface area contributed by atoms with Crippen LogP contribution in [-0.4, -0.2) is 60.4 Å². The van der Waals surface area contributed by atoms with Gasteiger partial charge in [0.2, 0.25) is 5.91 Å². The second-order valence-corrected chi connectivity index (χ2v) is 6.84. The summed E-state index contributed by atoms with van der Waals surface area (Å²) in [6.45, 7) is 6.74. The van der Waals surface area contributed by atoms with E-state index in [1.54, 1.807) is 11.8 Å². The second-order valence-electron chi connectivity index (χ2n) is 5.74. The number of rotatable bonds is 6. The van der Waals surface area contributed by atoms with Crippen molar-refractivity contribution in [1.82, 2.24) is 10.2 Å². The Hall–Kier alpha value is -1.66. The molecule has 6 nitrogen and oxygen atoms in total. The molecule has 2 amide bonds. The van der Waals surface area contributed by atoms with Crippen molar-refractivity contribution in [1.29, 1.82) is 0 Å². The Morgan fingerprint density at radius 1 is 1.20 bits per heavy atom. The van der Waals surface area contributed by atoms with E-state index < -0.39 is 16.8 Å². The van der Waals surface area contributed by atoms with Crippen molar-refractivity contribution in [3.05, 3.63) is 24.3 Å². The van der Waals surface area contributed by atoms with Crippen LogP contribution in [0.2, 0.25) is 0 Å². The number of hydrogen-bond acceptors (Lipinski definition) is 4. The van der Waals surface area contributed by atoms with Crippen molar-refractivity contribution < 1.29 is 14.3 Å². The molecule has 8 heteroatoms. The summed E-state index contributed by atoms with van der Waals surface area (Å²) in [6.07, 6.45) is 0. The third kappa shape index (κ3) is 5.16. The fraction of sp³-hybridized carbons (Fsp3) is 0.529. The summed E-state index contributed by atoms with van der Waals surface area (Å²) in [6, 6.07) is 7.23. The molecule has 1 aliphatic heterocycles. The van der Waals surface area contributed by atoms with E-state index in [2.05, 4.69) is 10.2 Å². The van der Waals surface area contributed by atoms with E-state index in [1.807, 2.05) is 31.2 Å². The van der Waals surface area contributed by atoms with Crippen LogP contribution in [0.5, 0.6) is 5.75 Å². The number of carbonyl (C=O) groups excluding carboxylic acids is 2. The number of nitrogens with one attached hydrogen (secondary N) is 1. The van der Waals surface area contributed by atoms with Crippen LogP contribution >= 0.6 is 23.2 Å². The van der Waals surface area contributed by atoms with E-state index >= 15 is 0 Å². The lowest BCUT2D eigenvalue weighted by molar-refractivity contribution is -0.135. The number of piperazine rings is 1. The minimum absolute atomic E-state index is 0.139. The molecule has 138 valence electrons. The van der Waals surface area contributed by atoms with Crippen LogP contribution in [0.15, 0.2) is 24.3 Å². The fourth-order valence-corrected chi connectivity index (χ4v) is 2.90. The Balaban J connectivity index is 1.93. The molecule has 0 aromatic heterocycles. The van der Waals surface area contributed by atoms with Crippen molar-refractivity contribution in [2.75, 3.05) is 37.7 Å². The van der Waals surface area contributed by atoms with Crippen molar-refractivity contribution in [3.8, 4) is 5.75 Å².